The maximum atomic E-state index is 3.94. The molecule has 0 spiro atoms. The number of pyridine rings is 1. The number of hydrogen-bond donors (Lipinski definition) is 0. The van der Waals surface area contributed by atoms with Crippen molar-refractivity contribution >= 4 is 6.21 Å². The molecule has 3 rings (SSSR count). The first-order chi connectivity index (χ1) is 13.1. The van der Waals surface area contributed by atoms with Crippen LogP contribution < -0.4 is 4.57 Å². The molecule has 1 aromatic carbocycles. The average molecular weight is 361 g/mol. The largest absolute Gasteiger partial charge is 0.245 e. The van der Waals surface area contributed by atoms with E-state index in [0.29, 0.717) is 5.92 Å². The minimum Gasteiger partial charge on any atom is -0.226 e. The van der Waals surface area contributed by atoms with Gasteiger partial charge in [0.15, 0.2) is 6.20 Å². The Labute approximate surface area is 164 Å². The predicted octanol–water partition coefficient (Wildman–Crippen LogP) is 5.52. The topological polar surface area (TPSA) is 6.89 Å². The van der Waals surface area contributed by atoms with Crippen molar-refractivity contribution in [2.75, 3.05) is 6.54 Å². The standard InChI is InChI=1S/C25H32N2/c1-6-13-20(5)24-25(26(8-3)18-19(4)7-2)22-15-10-9-14-21(22)23-16-11-12-17-27(23)24/h6,8-17,19,24-25H,1,7,18H2,2-5H3/q+2/b20-13+,26-8?. The van der Waals surface area contributed by atoms with Crippen molar-refractivity contribution in [2.24, 2.45) is 5.92 Å². The Hall–Kier alpha value is -2.48. The lowest BCUT2D eigenvalue weighted by atomic mass is 9.84. The van der Waals surface area contributed by atoms with E-state index in [1.54, 1.807) is 0 Å². The lowest BCUT2D eigenvalue weighted by Crippen LogP contribution is -2.51. The van der Waals surface area contributed by atoms with E-state index in [-0.39, 0.29) is 12.1 Å². The van der Waals surface area contributed by atoms with Gasteiger partial charge in [0.2, 0.25) is 17.8 Å². The molecule has 2 nitrogen and oxygen atoms in total. The molecule has 0 fully saturated rings. The fraction of sp³-hybridized carbons (Fsp3) is 0.360. The van der Waals surface area contributed by atoms with E-state index in [1.807, 2.05) is 6.08 Å². The van der Waals surface area contributed by atoms with Crippen molar-refractivity contribution < 1.29 is 9.14 Å². The number of fused-ring (bicyclic) bond motifs is 3. The summed E-state index contributed by atoms with van der Waals surface area (Å²) in [6, 6.07) is 15.9. The van der Waals surface area contributed by atoms with Crippen molar-refractivity contribution in [3.8, 4) is 11.3 Å². The highest BCUT2D eigenvalue weighted by atomic mass is 15.1. The molecule has 2 aromatic rings. The molecule has 2 heterocycles. The van der Waals surface area contributed by atoms with Crippen LogP contribution >= 0.6 is 0 Å². The Kier molecular flexibility index (Phi) is 6.05. The maximum Gasteiger partial charge on any atom is 0.245 e. The molecule has 0 radical (unpaired) electrons. The minimum atomic E-state index is 0.245. The zero-order valence-corrected chi connectivity index (χ0v) is 17.1. The second kappa shape index (κ2) is 8.47. The Morgan fingerprint density at radius 2 is 1.96 bits per heavy atom. The maximum absolute atomic E-state index is 3.94. The van der Waals surface area contributed by atoms with Crippen LogP contribution in [-0.4, -0.2) is 17.3 Å². The summed E-state index contributed by atoms with van der Waals surface area (Å²) in [5.41, 5.74) is 5.36. The van der Waals surface area contributed by atoms with E-state index >= 15 is 0 Å². The summed E-state index contributed by atoms with van der Waals surface area (Å²) >= 11 is 0. The first kappa shape index (κ1) is 19.3. The van der Waals surface area contributed by atoms with Crippen molar-refractivity contribution in [1.29, 1.82) is 0 Å². The molecule has 1 aliphatic heterocycles. The molecule has 0 N–H and O–H groups in total. The van der Waals surface area contributed by atoms with Crippen LogP contribution in [0.1, 0.15) is 51.8 Å². The Bertz CT molecular complexity index is 875. The zero-order chi connectivity index (χ0) is 19.4. The lowest BCUT2D eigenvalue weighted by Gasteiger charge is -2.29. The van der Waals surface area contributed by atoms with Crippen LogP contribution in [0.2, 0.25) is 0 Å². The third-order valence-electron chi connectivity index (χ3n) is 5.80. The van der Waals surface area contributed by atoms with Gasteiger partial charge < -0.3 is 0 Å². The fourth-order valence-electron chi connectivity index (χ4n) is 4.22. The molecule has 140 valence electrons. The molecular weight excluding hydrogens is 328 g/mol. The highest BCUT2D eigenvalue weighted by Crippen LogP contribution is 2.41. The smallest absolute Gasteiger partial charge is 0.226 e. The van der Waals surface area contributed by atoms with Gasteiger partial charge in [0.1, 0.15) is 12.8 Å². The van der Waals surface area contributed by atoms with Gasteiger partial charge in [-0.05, 0) is 25.5 Å². The summed E-state index contributed by atoms with van der Waals surface area (Å²) < 4.78 is 4.98. The van der Waals surface area contributed by atoms with E-state index in [1.165, 1.54) is 28.8 Å². The van der Waals surface area contributed by atoms with Gasteiger partial charge in [0, 0.05) is 36.1 Å². The summed E-state index contributed by atoms with van der Waals surface area (Å²) in [6.45, 7) is 14.0. The molecule has 3 unspecified atom stereocenters. The molecule has 0 saturated carbocycles. The fourth-order valence-corrected chi connectivity index (χ4v) is 4.22. The van der Waals surface area contributed by atoms with E-state index in [4.69, 9.17) is 0 Å². The lowest BCUT2D eigenvalue weighted by molar-refractivity contribution is -0.753. The molecule has 3 atom stereocenters. The van der Waals surface area contributed by atoms with Crippen LogP contribution in [-0.2, 0) is 0 Å². The Morgan fingerprint density at radius 1 is 1.22 bits per heavy atom. The number of hydrogen-bond acceptors (Lipinski definition) is 0. The van der Waals surface area contributed by atoms with Crippen LogP contribution in [0.25, 0.3) is 11.3 Å². The summed E-state index contributed by atoms with van der Waals surface area (Å²) in [6.07, 6.45) is 9.75. The van der Waals surface area contributed by atoms with E-state index in [2.05, 4.69) is 104 Å². The molecule has 0 saturated heterocycles. The van der Waals surface area contributed by atoms with Gasteiger partial charge in [-0.3, -0.25) is 0 Å². The van der Waals surface area contributed by atoms with E-state index in [9.17, 15) is 0 Å². The van der Waals surface area contributed by atoms with Crippen LogP contribution in [0.3, 0.4) is 0 Å². The normalized spacial score (nSPS) is 20.6. The third-order valence-corrected chi connectivity index (χ3v) is 5.80. The monoisotopic (exact) mass is 360 g/mol. The SMILES string of the molecule is C=C/C=C(\C)C1C([N+](=CC)CC(C)CC)c2ccccc2-c2cccc[n+]21. The van der Waals surface area contributed by atoms with Gasteiger partial charge in [-0.15, -0.1) is 0 Å². The number of aromatic nitrogens is 1. The van der Waals surface area contributed by atoms with Gasteiger partial charge in [-0.25, -0.2) is 4.58 Å². The molecule has 1 aromatic heterocycles. The van der Waals surface area contributed by atoms with Gasteiger partial charge in [-0.1, -0.05) is 50.8 Å². The number of nitrogens with zero attached hydrogens (tertiary/aromatic N) is 2. The van der Waals surface area contributed by atoms with Gasteiger partial charge in [0.25, 0.3) is 0 Å². The Balaban J connectivity index is 2.25. The van der Waals surface area contributed by atoms with Crippen LogP contribution in [0.5, 0.6) is 0 Å². The molecule has 1 aliphatic rings. The molecule has 0 amide bonds. The molecular formula is C25H32N2+2. The van der Waals surface area contributed by atoms with Crippen LogP contribution in [0, 0.1) is 5.92 Å². The van der Waals surface area contributed by atoms with Crippen LogP contribution in [0.4, 0.5) is 0 Å². The van der Waals surface area contributed by atoms with Crippen molar-refractivity contribution in [1.82, 2.24) is 0 Å². The summed E-state index contributed by atoms with van der Waals surface area (Å²) in [5.74, 6) is 0.653. The molecule has 0 bridgehead atoms. The minimum absolute atomic E-state index is 0.245. The quantitative estimate of drug-likeness (QED) is 0.364. The van der Waals surface area contributed by atoms with Gasteiger partial charge in [0.05, 0.1) is 5.56 Å². The van der Waals surface area contributed by atoms with Gasteiger partial charge >= 0.3 is 0 Å². The number of benzene rings is 1. The second-order valence-electron chi connectivity index (χ2n) is 7.58. The highest BCUT2D eigenvalue weighted by molar-refractivity contribution is 5.63. The second-order valence-corrected chi connectivity index (χ2v) is 7.58. The number of allylic oxidation sites excluding steroid dienone is 2. The first-order valence-corrected chi connectivity index (χ1v) is 10.1. The number of rotatable bonds is 6. The zero-order valence-electron chi connectivity index (χ0n) is 17.1. The summed E-state index contributed by atoms with van der Waals surface area (Å²) in [5, 5.41) is 0. The molecule has 27 heavy (non-hydrogen) atoms. The highest BCUT2D eigenvalue weighted by Gasteiger charge is 2.47. The Morgan fingerprint density at radius 3 is 2.67 bits per heavy atom. The predicted molar refractivity (Wildman–Crippen MR) is 114 cm³/mol. The van der Waals surface area contributed by atoms with E-state index in [0.717, 1.165) is 6.54 Å². The summed E-state index contributed by atoms with van der Waals surface area (Å²) in [7, 11) is 0. The molecule has 2 heteroatoms. The van der Waals surface area contributed by atoms with E-state index < -0.39 is 0 Å². The molecule has 0 aliphatic carbocycles. The van der Waals surface area contributed by atoms with Crippen molar-refractivity contribution in [3.63, 3.8) is 0 Å². The van der Waals surface area contributed by atoms with Crippen molar-refractivity contribution in [3.05, 3.63) is 78.5 Å². The average Bonchev–Trinajstić information content (AvgIpc) is 2.71. The van der Waals surface area contributed by atoms with Crippen LogP contribution in [0.15, 0.2) is 73.0 Å². The third kappa shape index (κ3) is 3.66. The first-order valence-electron chi connectivity index (χ1n) is 10.1. The summed E-state index contributed by atoms with van der Waals surface area (Å²) in [4.78, 5) is 0. The van der Waals surface area contributed by atoms with Gasteiger partial charge in [-0.2, -0.15) is 4.57 Å². The van der Waals surface area contributed by atoms with Crippen molar-refractivity contribution in [2.45, 2.75) is 46.2 Å².